The lowest BCUT2D eigenvalue weighted by Crippen LogP contribution is -2.33. The van der Waals surface area contributed by atoms with E-state index in [1.807, 2.05) is 35.4 Å². The molecule has 0 atom stereocenters. The summed E-state index contributed by atoms with van der Waals surface area (Å²) >= 11 is 0. The lowest BCUT2D eigenvalue weighted by atomic mass is 10.1. The third-order valence-electron chi connectivity index (χ3n) is 5.35. The normalized spacial score (nSPS) is 13.6. The lowest BCUT2D eigenvalue weighted by molar-refractivity contribution is -0.132. The van der Waals surface area contributed by atoms with Gasteiger partial charge in [-0.05, 0) is 48.1 Å². The number of aromatic nitrogens is 1. The van der Waals surface area contributed by atoms with Crippen molar-refractivity contribution in [2.24, 2.45) is 0 Å². The van der Waals surface area contributed by atoms with Gasteiger partial charge in [-0.1, -0.05) is 24.3 Å². The summed E-state index contributed by atoms with van der Waals surface area (Å²) in [6.07, 6.45) is 4.38. The number of carbonyl (C=O) groups is 1. The molecule has 2 aromatic carbocycles. The van der Waals surface area contributed by atoms with E-state index in [4.69, 9.17) is 4.74 Å². The van der Waals surface area contributed by atoms with E-state index >= 15 is 0 Å². The van der Waals surface area contributed by atoms with Crippen LogP contribution in [0.2, 0.25) is 0 Å². The van der Waals surface area contributed by atoms with E-state index in [1.165, 1.54) is 13.2 Å². The van der Waals surface area contributed by atoms with Crippen molar-refractivity contribution in [2.75, 3.05) is 7.11 Å². The molecule has 7 heteroatoms. The molecule has 4 rings (SSSR count). The first kappa shape index (κ1) is 20.2. The highest BCUT2D eigenvalue weighted by atomic mass is 19.3. The third kappa shape index (κ3) is 4.56. The van der Waals surface area contributed by atoms with Crippen LogP contribution in [0.3, 0.4) is 0 Å². The molecule has 0 unspecified atom stereocenters. The molecule has 1 heterocycles. The average Bonchev–Trinajstić information content (AvgIpc) is 3.50. The van der Waals surface area contributed by atoms with Gasteiger partial charge in [0.15, 0.2) is 11.5 Å². The molecule has 3 aromatic rings. The zero-order valence-electron chi connectivity index (χ0n) is 16.8. The number of halogens is 2. The molecule has 1 saturated carbocycles. The fourth-order valence-electron chi connectivity index (χ4n) is 3.70. The van der Waals surface area contributed by atoms with Crippen molar-refractivity contribution in [3.63, 3.8) is 0 Å². The van der Waals surface area contributed by atoms with Crippen molar-refractivity contribution < 1.29 is 23.0 Å². The second-order valence-corrected chi connectivity index (χ2v) is 7.43. The van der Waals surface area contributed by atoms with Crippen LogP contribution in [0.15, 0.2) is 54.7 Å². The highest BCUT2D eigenvalue weighted by Crippen LogP contribution is 2.33. The van der Waals surface area contributed by atoms with Crippen LogP contribution in [0.5, 0.6) is 11.5 Å². The second-order valence-electron chi connectivity index (χ2n) is 7.43. The summed E-state index contributed by atoms with van der Waals surface area (Å²) in [4.78, 5) is 14.9. The fourth-order valence-corrected chi connectivity index (χ4v) is 3.70. The van der Waals surface area contributed by atoms with Crippen molar-refractivity contribution in [3.8, 4) is 11.5 Å². The third-order valence-corrected chi connectivity index (χ3v) is 5.35. The van der Waals surface area contributed by atoms with E-state index in [1.54, 1.807) is 12.1 Å². The van der Waals surface area contributed by atoms with Crippen molar-refractivity contribution >= 4 is 16.8 Å². The van der Waals surface area contributed by atoms with Gasteiger partial charge in [0.25, 0.3) is 0 Å². The van der Waals surface area contributed by atoms with E-state index in [-0.39, 0.29) is 23.4 Å². The number of aryl methyl sites for hydroxylation is 1. The van der Waals surface area contributed by atoms with Gasteiger partial charge in [0, 0.05) is 37.3 Å². The molecule has 0 aliphatic heterocycles. The molecule has 1 aliphatic rings. The summed E-state index contributed by atoms with van der Waals surface area (Å²) in [5.41, 5.74) is 1.93. The van der Waals surface area contributed by atoms with Crippen molar-refractivity contribution in [2.45, 2.75) is 45.0 Å². The SMILES string of the molecule is COc1cc(CN(C(=O)CCn2ccc3ccccc32)C2CC2)ccc1OC(F)F. The molecule has 1 aliphatic carbocycles. The van der Waals surface area contributed by atoms with Gasteiger partial charge in [0.05, 0.1) is 7.11 Å². The Morgan fingerprint density at radius 3 is 2.70 bits per heavy atom. The number of alkyl halides is 2. The quantitative estimate of drug-likeness (QED) is 0.504. The van der Waals surface area contributed by atoms with E-state index in [0.717, 1.165) is 29.3 Å². The summed E-state index contributed by atoms with van der Waals surface area (Å²) in [6.45, 7) is -1.89. The van der Waals surface area contributed by atoms with Gasteiger partial charge in [-0.25, -0.2) is 0 Å². The number of para-hydroxylation sites is 1. The molecule has 0 bridgehead atoms. The Kier molecular flexibility index (Phi) is 5.88. The van der Waals surface area contributed by atoms with Crippen LogP contribution >= 0.6 is 0 Å². The molecular formula is C23H24F2N2O3. The zero-order valence-corrected chi connectivity index (χ0v) is 16.8. The highest BCUT2D eigenvalue weighted by molar-refractivity contribution is 5.81. The van der Waals surface area contributed by atoms with Crippen LogP contribution in [0.25, 0.3) is 10.9 Å². The maximum absolute atomic E-state index is 13.0. The minimum atomic E-state index is -2.92. The van der Waals surface area contributed by atoms with Crippen LogP contribution < -0.4 is 9.47 Å². The monoisotopic (exact) mass is 414 g/mol. The molecule has 0 radical (unpaired) electrons. The van der Waals surface area contributed by atoms with Crippen molar-refractivity contribution in [1.29, 1.82) is 0 Å². The van der Waals surface area contributed by atoms with E-state index in [9.17, 15) is 13.6 Å². The van der Waals surface area contributed by atoms with Crippen LogP contribution in [0.4, 0.5) is 8.78 Å². The number of ether oxygens (including phenoxy) is 2. The average molecular weight is 414 g/mol. The standard InChI is InChI=1S/C23H24F2N2O3/c1-29-21-14-16(6-9-20(21)30-23(24)25)15-27(18-7-8-18)22(28)11-13-26-12-10-17-4-2-3-5-19(17)26/h2-6,9-10,12,14,18,23H,7-8,11,13,15H2,1H3. The summed E-state index contributed by atoms with van der Waals surface area (Å²) in [5.74, 6) is 0.303. The van der Waals surface area contributed by atoms with Gasteiger partial charge in [0.1, 0.15) is 0 Å². The summed E-state index contributed by atoms with van der Waals surface area (Å²) < 4.78 is 36.8. The number of rotatable bonds is 9. The van der Waals surface area contributed by atoms with E-state index < -0.39 is 6.61 Å². The number of amides is 1. The number of methoxy groups -OCH3 is 1. The molecule has 1 amide bonds. The summed E-state index contributed by atoms with van der Waals surface area (Å²) in [6, 6.07) is 15.2. The highest BCUT2D eigenvalue weighted by Gasteiger charge is 2.32. The molecule has 0 spiro atoms. The van der Waals surface area contributed by atoms with Gasteiger partial charge < -0.3 is 18.9 Å². The maximum Gasteiger partial charge on any atom is 0.387 e. The molecule has 1 aromatic heterocycles. The van der Waals surface area contributed by atoms with Crippen LogP contribution in [-0.4, -0.2) is 35.1 Å². The summed E-state index contributed by atoms with van der Waals surface area (Å²) in [5, 5.41) is 1.15. The first-order chi connectivity index (χ1) is 14.5. The Hall–Kier alpha value is -3.09. The van der Waals surface area contributed by atoms with Crippen LogP contribution in [-0.2, 0) is 17.9 Å². The molecule has 5 nitrogen and oxygen atoms in total. The van der Waals surface area contributed by atoms with Gasteiger partial charge in [-0.3, -0.25) is 4.79 Å². The predicted molar refractivity (Wildman–Crippen MR) is 110 cm³/mol. The second kappa shape index (κ2) is 8.73. The zero-order chi connectivity index (χ0) is 21.1. The Morgan fingerprint density at radius 1 is 1.17 bits per heavy atom. The smallest absolute Gasteiger partial charge is 0.387 e. The number of benzene rings is 2. The minimum Gasteiger partial charge on any atom is -0.493 e. The molecule has 158 valence electrons. The first-order valence-electron chi connectivity index (χ1n) is 10.00. The van der Waals surface area contributed by atoms with Crippen LogP contribution in [0.1, 0.15) is 24.8 Å². The Morgan fingerprint density at radius 2 is 1.97 bits per heavy atom. The predicted octanol–water partition coefficient (Wildman–Crippen LogP) is 4.83. The van der Waals surface area contributed by atoms with Crippen molar-refractivity contribution in [3.05, 3.63) is 60.3 Å². The minimum absolute atomic E-state index is 0.0139. The topological polar surface area (TPSA) is 43.7 Å². The van der Waals surface area contributed by atoms with Gasteiger partial charge in [-0.15, -0.1) is 0 Å². The van der Waals surface area contributed by atoms with Gasteiger partial charge in [0.2, 0.25) is 5.91 Å². The number of carbonyl (C=O) groups excluding carboxylic acids is 1. The van der Waals surface area contributed by atoms with Gasteiger partial charge >= 0.3 is 6.61 Å². The van der Waals surface area contributed by atoms with Crippen LogP contribution in [0, 0.1) is 0 Å². The molecule has 30 heavy (non-hydrogen) atoms. The number of fused-ring (bicyclic) bond motifs is 1. The number of hydrogen-bond donors (Lipinski definition) is 0. The Bertz CT molecular complexity index is 1030. The van der Waals surface area contributed by atoms with Crippen molar-refractivity contribution in [1.82, 2.24) is 9.47 Å². The number of hydrogen-bond acceptors (Lipinski definition) is 3. The molecule has 0 saturated heterocycles. The summed E-state index contributed by atoms with van der Waals surface area (Å²) in [7, 11) is 1.41. The molecule has 0 N–H and O–H groups in total. The Balaban J connectivity index is 1.44. The fraction of sp³-hybridized carbons (Fsp3) is 0.348. The Labute approximate surface area is 173 Å². The first-order valence-corrected chi connectivity index (χ1v) is 10.00. The molecule has 1 fully saturated rings. The van der Waals surface area contributed by atoms with E-state index in [0.29, 0.717) is 19.5 Å². The van der Waals surface area contributed by atoms with E-state index in [2.05, 4.69) is 15.4 Å². The number of nitrogens with zero attached hydrogens (tertiary/aromatic N) is 2. The lowest BCUT2D eigenvalue weighted by Gasteiger charge is -2.23. The van der Waals surface area contributed by atoms with Gasteiger partial charge in [-0.2, -0.15) is 8.78 Å². The molecular weight excluding hydrogens is 390 g/mol. The maximum atomic E-state index is 13.0. The largest absolute Gasteiger partial charge is 0.493 e.